The summed E-state index contributed by atoms with van der Waals surface area (Å²) in [5.41, 5.74) is 0.565. The van der Waals surface area contributed by atoms with Gasteiger partial charge in [0.2, 0.25) is 5.91 Å². The minimum Gasteiger partial charge on any atom is -0.351 e. The molecule has 3 rings (SSSR count). The second-order valence-electron chi connectivity index (χ2n) is 6.38. The number of hydrogen-bond acceptors (Lipinski definition) is 4. The first-order chi connectivity index (χ1) is 11.6. The molecular weight excluding hydrogens is 346 g/mol. The second-order valence-corrected chi connectivity index (χ2v) is 7.82. The van der Waals surface area contributed by atoms with E-state index in [0.29, 0.717) is 28.1 Å². The van der Waals surface area contributed by atoms with Crippen LogP contribution in [0.1, 0.15) is 23.7 Å². The molecule has 0 radical (unpaired) electrons. The molecule has 0 bridgehead atoms. The smallest absolute Gasteiger partial charge is 0.255 e. The van der Waals surface area contributed by atoms with Gasteiger partial charge < -0.3 is 15.5 Å². The molecule has 1 aromatic carbocycles. The molecule has 0 saturated carbocycles. The number of carbonyl (C=O) groups excluding carboxylic acids is 2. The fourth-order valence-electron chi connectivity index (χ4n) is 3.13. The highest BCUT2D eigenvalue weighted by molar-refractivity contribution is 7.99. The Morgan fingerprint density at radius 1 is 1.33 bits per heavy atom. The van der Waals surface area contributed by atoms with Crippen LogP contribution in [0.25, 0.3) is 0 Å². The Morgan fingerprint density at radius 2 is 2.08 bits per heavy atom. The van der Waals surface area contributed by atoms with Crippen molar-refractivity contribution >= 4 is 35.2 Å². The van der Waals surface area contributed by atoms with Crippen LogP contribution in [-0.2, 0) is 4.79 Å². The van der Waals surface area contributed by atoms with Gasteiger partial charge in [-0.05, 0) is 49.7 Å². The van der Waals surface area contributed by atoms with Crippen LogP contribution in [0.4, 0.5) is 0 Å². The first kappa shape index (κ1) is 17.6. The summed E-state index contributed by atoms with van der Waals surface area (Å²) in [6, 6.07) is 6.58. The van der Waals surface area contributed by atoms with E-state index in [2.05, 4.69) is 17.6 Å². The summed E-state index contributed by atoms with van der Waals surface area (Å²) >= 11 is 7.49. The Kier molecular flexibility index (Phi) is 5.69. The summed E-state index contributed by atoms with van der Waals surface area (Å²) in [5.74, 6) is 1.43. The Bertz CT molecular complexity index is 610. The highest BCUT2D eigenvalue weighted by Gasteiger charge is 2.36. The second kappa shape index (κ2) is 7.76. The van der Waals surface area contributed by atoms with Crippen molar-refractivity contribution in [3.05, 3.63) is 34.9 Å². The summed E-state index contributed by atoms with van der Waals surface area (Å²) in [5, 5.41) is 7.07. The van der Waals surface area contributed by atoms with E-state index in [-0.39, 0.29) is 17.9 Å². The number of benzene rings is 1. The van der Waals surface area contributed by atoms with Crippen LogP contribution in [0.2, 0.25) is 5.02 Å². The molecule has 7 heteroatoms. The van der Waals surface area contributed by atoms with Crippen LogP contribution in [0, 0.1) is 5.92 Å². The van der Waals surface area contributed by atoms with Gasteiger partial charge in [-0.3, -0.25) is 9.59 Å². The Morgan fingerprint density at radius 3 is 2.79 bits per heavy atom. The maximum Gasteiger partial charge on any atom is 0.255 e. The van der Waals surface area contributed by atoms with E-state index in [1.54, 1.807) is 40.9 Å². The summed E-state index contributed by atoms with van der Waals surface area (Å²) < 4.78 is 0. The normalized spacial score (nSPS) is 27.1. The molecule has 1 aromatic rings. The third-order valence-electron chi connectivity index (χ3n) is 4.65. The molecule has 5 nitrogen and oxygen atoms in total. The summed E-state index contributed by atoms with van der Waals surface area (Å²) in [4.78, 5) is 27.1. The number of carbonyl (C=O) groups is 2. The zero-order valence-corrected chi connectivity index (χ0v) is 15.2. The SMILES string of the molecule is CC1CNCCC1NC(=O)C1CSCN1C(=O)c1ccc(Cl)cc1. The van der Waals surface area contributed by atoms with Gasteiger partial charge in [-0.15, -0.1) is 11.8 Å². The van der Waals surface area contributed by atoms with E-state index >= 15 is 0 Å². The maximum atomic E-state index is 12.7. The van der Waals surface area contributed by atoms with Gasteiger partial charge in [-0.1, -0.05) is 18.5 Å². The molecule has 3 atom stereocenters. The quantitative estimate of drug-likeness (QED) is 0.857. The molecule has 2 saturated heterocycles. The van der Waals surface area contributed by atoms with E-state index in [0.717, 1.165) is 19.5 Å². The summed E-state index contributed by atoms with van der Waals surface area (Å²) in [6.45, 7) is 3.97. The van der Waals surface area contributed by atoms with Crippen molar-refractivity contribution in [3.8, 4) is 0 Å². The highest BCUT2D eigenvalue weighted by atomic mass is 35.5. The number of rotatable bonds is 3. The molecule has 24 heavy (non-hydrogen) atoms. The average molecular weight is 368 g/mol. The Labute approximate surface area is 151 Å². The number of hydrogen-bond donors (Lipinski definition) is 2. The largest absolute Gasteiger partial charge is 0.351 e. The van der Waals surface area contributed by atoms with Crippen molar-refractivity contribution in [2.45, 2.75) is 25.4 Å². The summed E-state index contributed by atoms with van der Waals surface area (Å²) in [7, 11) is 0. The lowest BCUT2D eigenvalue weighted by atomic mass is 9.95. The lowest BCUT2D eigenvalue weighted by Gasteiger charge is -2.32. The molecule has 0 aliphatic carbocycles. The maximum absolute atomic E-state index is 12.7. The van der Waals surface area contributed by atoms with E-state index in [9.17, 15) is 9.59 Å². The van der Waals surface area contributed by atoms with Crippen LogP contribution in [0.3, 0.4) is 0 Å². The zero-order valence-electron chi connectivity index (χ0n) is 13.6. The standard InChI is InChI=1S/C17H22ClN3O2S/c1-11-8-19-7-6-14(11)20-16(22)15-9-24-10-21(15)17(23)12-2-4-13(18)5-3-12/h2-5,11,14-15,19H,6-10H2,1H3,(H,20,22). The Hall–Kier alpha value is -1.24. The van der Waals surface area contributed by atoms with Crippen molar-refractivity contribution in [3.63, 3.8) is 0 Å². The van der Waals surface area contributed by atoms with Gasteiger partial charge in [0, 0.05) is 22.4 Å². The molecule has 130 valence electrons. The van der Waals surface area contributed by atoms with Crippen LogP contribution < -0.4 is 10.6 Å². The monoisotopic (exact) mass is 367 g/mol. The first-order valence-electron chi connectivity index (χ1n) is 8.21. The fraction of sp³-hybridized carbons (Fsp3) is 0.529. The Balaban J connectivity index is 1.67. The average Bonchev–Trinajstić information content (AvgIpc) is 3.07. The molecule has 3 unspecified atom stereocenters. The molecule has 2 amide bonds. The topological polar surface area (TPSA) is 61.4 Å². The number of nitrogens with one attached hydrogen (secondary N) is 2. The first-order valence-corrected chi connectivity index (χ1v) is 9.75. The van der Waals surface area contributed by atoms with Crippen molar-refractivity contribution in [2.75, 3.05) is 24.7 Å². The van der Waals surface area contributed by atoms with Crippen LogP contribution in [0.15, 0.2) is 24.3 Å². The molecule has 0 aromatic heterocycles. The van der Waals surface area contributed by atoms with E-state index in [1.807, 2.05) is 0 Å². The van der Waals surface area contributed by atoms with Crippen LogP contribution in [0.5, 0.6) is 0 Å². The van der Waals surface area contributed by atoms with Crippen LogP contribution >= 0.6 is 23.4 Å². The minimum atomic E-state index is -0.403. The number of thioether (sulfide) groups is 1. The molecule has 2 aliphatic rings. The molecule has 2 fully saturated rings. The molecular formula is C17H22ClN3O2S. The van der Waals surface area contributed by atoms with Gasteiger partial charge in [-0.25, -0.2) is 0 Å². The number of nitrogens with zero attached hydrogens (tertiary/aromatic N) is 1. The van der Waals surface area contributed by atoms with E-state index < -0.39 is 6.04 Å². The molecule has 2 aliphatic heterocycles. The van der Waals surface area contributed by atoms with Crippen LogP contribution in [-0.4, -0.2) is 53.5 Å². The van der Waals surface area contributed by atoms with Gasteiger partial charge in [0.05, 0.1) is 5.88 Å². The predicted octanol–water partition coefficient (Wildman–Crippen LogP) is 1.97. The lowest BCUT2D eigenvalue weighted by Crippen LogP contribution is -2.54. The third kappa shape index (κ3) is 3.87. The number of halogens is 1. The number of amides is 2. The van der Waals surface area contributed by atoms with Gasteiger partial charge in [0.15, 0.2) is 0 Å². The predicted molar refractivity (Wildman–Crippen MR) is 97.3 cm³/mol. The summed E-state index contributed by atoms with van der Waals surface area (Å²) in [6.07, 6.45) is 0.928. The van der Waals surface area contributed by atoms with Gasteiger partial charge in [-0.2, -0.15) is 0 Å². The van der Waals surface area contributed by atoms with Gasteiger partial charge >= 0.3 is 0 Å². The van der Waals surface area contributed by atoms with Crippen molar-refractivity contribution in [1.82, 2.24) is 15.5 Å². The van der Waals surface area contributed by atoms with Crippen molar-refractivity contribution in [1.29, 1.82) is 0 Å². The zero-order chi connectivity index (χ0) is 17.1. The lowest BCUT2D eigenvalue weighted by molar-refractivity contribution is -0.125. The van der Waals surface area contributed by atoms with E-state index in [4.69, 9.17) is 11.6 Å². The van der Waals surface area contributed by atoms with Crippen molar-refractivity contribution < 1.29 is 9.59 Å². The van der Waals surface area contributed by atoms with Crippen molar-refractivity contribution in [2.24, 2.45) is 5.92 Å². The molecule has 2 heterocycles. The minimum absolute atomic E-state index is 0.0407. The van der Waals surface area contributed by atoms with E-state index in [1.165, 1.54) is 0 Å². The number of piperidine rings is 1. The van der Waals surface area contributed by atoms with Gasteiger partial charge in [0.25, 0.3) is 5.91 Å². The third-order valence-corrected chi connectivity index (χ3v) is 5.91. The van der Waals surface area contributed by atoms with Gasteiger partial charge in [0.1, 0.15) is 6.04 Å². The fourth-order valence-corrected chi connectivity index (χ4v) is 4.41. The molecule has 2 N–H and O–H groups in total. The highest BCUT2D eigenvalue weighted by Crippen LogP contribution is 2.24. The molecule has 0 spiro atoms.